The van der Waals surface area contributed by atoms with Gasteiger partial charge in [-0.15, -0.1) is 0 Å². The van der Waals surface area contributed by atoms with Crippen LogP contribution in [0.25, 0.3) is 82.4 Å². The van der Waals surface area contributed by atoms with Crippen molar-refractivity contribution in [3.05, 3.63) is 194 Å². The summed E-state index contributed by atoms with van der Waals surface area (Å²) in [6, 6.07) is 71.0. The van der Waals surface area contributed by atoms with Crippen LogP contribution in [0.4, 0.5) is 17.1 Å². The summed E-state index contributed by atoms with van der Waals surface area (Å²) < 4.78 is 2.41. The fourth-order valence-corrected chi connectivity index (χ4v) is 8.66. The molecule has 0 fully saturated rings. The molecule has 1 aliphatic rings. The van der Waals surface area contributed by atoms with E-state index in [1.165, 1.54) is 82.4 Å². The van der Waals surface area contributed by atoms with Crippen LogP contribution in [0.1, 0.15) is 0 Å². The van der Waals surface area contributed by atoms with Gasteiger partial charge < -0.3 is 9.47 Å². The number of hydrogen-bond donors (Lipinski definition) is 0. The summed E-state index contributed by atoms with van der Waals surface area (Å²) in [7, 11) is 0. The largest absolute Gasteiger partial charge is 0.310 e. The number of nitrogens with zero attached hydrogens (tertiary/aromatic N) is 2. The summed E-state index contributed by atoms with van der Waals surface area (Å²) in [6.45, 7) is 0. The minimum absolute atomic E-state index is 1.11. The van der Waals surface area contributed by atoms with Crippen LogP contribution in [0.5, 0.6) is 0 Å². The maximum Gasteiger partial charge on any atom is 0.0561 e. The molecule has 0 saturated carbocycles. The van der Waals surface area contributed by atoms with E-state index in [1.807, 2.05) is 0 Å². The third-order valence-electron chi connectivity index (χ3n) is 10.9. The van der Waals surface area contributed by atoms with Crippen LogP contribution < -0.4 is 4.90 Å². The Kier molecular flexibility index (Phi) is 6.28. The third-order valence-corrected chi connectivity index (χ3v) is 10.9. The average Bonchev–Trinajstić information content (AvgIpc) is 3.73. The van der Waals surface area contributed by atoms with Crippen molar-refractivity contribution in [2.75, 3.05) is 4.90 Å². The van der Waals surface area contributed by atoms with Crippen molar-refractivity contribution in [1.82, 2.24) is 4.57 Å². The van der Waals surface area contributed by atoms with Crippen LogP contribution >= 0.6 is 0 Å². The average molecular weight is 661 g/mol. The van der Waals surface area contributed by atoms with Crippen molar-refractivity contribution in [1.29, 1.82) is 0 Å². The summed E-state index contributed by atoms with van der Waals surface area (Å²) >= 11 is 0. The second kappa shape index (κ2) is 11.3. The molecule has 0 radical (unpaired) electrons. The molecule has 0 unspecified atom stereocenters. The Hall–Kier alpha value is -6.90. The summed E-state index contributed by atoms with van der Waals surface area (Å²) in [5.41, 5.74) is 14.5. The Labute approximate surface area is 302 Å². The molecule has 2 heteroatoms. The van der Waals surface area contributed by atoms with E-state index in [1.54, 1.807) is 0 Å². The van der Waals surface area contributed by atoms with E-state index in [9.17, 15) is 0 Å². The van der Waals surface area contributed by atoms with Gasteiger partial charge in [-0.1, -0.05) is 140 Å². The molecule has 0 saturated heterocycles. The number of para-hydroxylation sites is 2. The minimum Gasteiger partial charge on any atom is -0.310 e. The van der Waals surface area contributed by atoms with Gasteiger partial charge in [-0.3, -0.25) is 0 Å². The van der Waals surface area contributed by atoms with Crippen LogP contribution in [-0.2, 0) is 0 Å². The first-order valence-electron chi connectivity index (χ1n) is 17.9. The lowest BCUT2D eigenvalue weighted by Gasteiger charge is -2.29. The van der Waals surface area contributed by atoms with Gasteiger partial charge >= 0.3 is 0 Å². The highest BCUT2D eigenvalue weighted by molar-refractivity contribution is 6.26. The van der Waals surface area contributed by atoms with Gasteiger partial charge in [0.2, 0.25) is 0 Å². The van der Waals surface area contributed by atoms with Crippen LogP contribution in [0, 0.1) is 0 Å². The Morgan fingerprint density at radius 3 is 1.90 bits per heavy atom. The molecule has 1 aliphatic carbocycles. The van der Waals surface area contributed by atoms with Gasteiger partial charge in [0, 0.05) is 39.0 Å². The molecule has 10 aromatic rings. The molecule has 9 aromatic carbocycles. The number of aromatic nitrogens is 1. The number of benzene rings is 9. The quantitative estimate of drug-likeness (QED) is 0.167. The second-order valence-corrected chi connectivity index (χ2v) is 13.7. The fourth-order valence-electron chi connectivity index (χ4n) is 8.66. The Morgan fingerprint density at radius 1 is 0.365 bits per heavy atom. The van der Waals surface area contributed by atoms with Gasteiger partial charge in [0.05, 0.1) is 16.7 Å². The van der Waals surface area contributed by atoms with E-state index in [2.05, 4.69) is 204 Å². The third kappa shape index (κ3) is 4.25. The van der Waals surface area contributed by atoms with E-state index in [0.717, 1.165) is 17.1 Å². The van der Waals surface area contributed by atoms with Gasteiger partial charge in [0.25, 0.3) is 0 Å². The lowest BCUT2D eigenvalue weighted by atomic mass is 9.94. The van der Waals surface area contributed by atoms with Crippen molar-refractivity contribution in [2.24, 2.45) is 0 Å². The number of rotatable bonds is 5. The van der Waals surface area contributed by atoms with Crippen LogP contribution in [-0.4, -0.2) is 4.57 Å². The first-order chi connectivity index (χ1) is 25.8. The molecule has 0 amide bonds. The lowest BCUT2D eigenvalue weighted by Crippen LogP contribution is -2.11. The predicted molar refractivity (Wildman–Crippen MR) is 220 cm³/mol. The highest BCUT2D eigenvalue weighted by Gasteiger charge is 2.29. The molecule has 52 heavy (non-hydrogen) atoms. The number of hydrogen-bond acceptors (Lipinski definition) is 1. The summed E-state index contributed by atoms with van der Waals surface area (Å²) in [5, 5.41) is 7.64. The normalized spacial score (nSPS) is 11.8. The van der Waals surface area contributed by atoms with Gasteiger partial charge in [-0.2, -0.15) is 0 Å². The highest BCUT2D eigenvalue weighted by Crippen LogP contribution is 2.56. The van der Waals surface area contributed by atoms with Crippen molar-refractivity contribution in [3.8, 4) is 39.1 Å². The SMILES string of the molecule is c1ccc(-c2cccc(N(c3ccc4c5ccccc5n(-c5ccccc5)c4c3)c3cccc4c3-c3c5ccccc5cc5cccc-4c35)c2)cc1. The molecule has 0 bridgehead atoms. The zero-order chi connectivity index (χ0) is 34.2. The van der Waals surface area contributed by atoms with Crippen molar-refractivity contribution < 1.29 is 0 Å². The molecule has 0 atom stereocenters. The molecule has 0 N–H and O–H groups in total. The lowest BCUT2D eigenvalue weighted by molar-refractivity contribution is 1.18. The second-order valence-electron chi connectivity index (χ2n) is 13.7. The van der Waals surface area contributed by atoms with Crippen LogP contribution in [0.2, 0.25) is 0 Å². The molecule has 0 spiro atoms. The van der Waals surface area contributed by atoms with Crippen molar-refractivity contribution >= 4 is 60.4 Å². The Bertz CT molecular complexity index is 3010. The monoisotopic (exact) mass is 660 g/mol. The first kappa shape index (κ1) is 28.9. The number of fused-ring (bicyclic) bond motifs is 8. The molecule has 2 nitrogen and oxygen atoms in total. The van der Waals surface area contributed by atoms with Crippen LogP contribution in [0.15, 0.2) is 194 Å². The molecular weight excluding hydrogens is 629 g/mol. The standard InChI is InChI=1S/C50H32N2/c1-3-14-33(15-4-1)34-17-11-21-38(31-34)51(39-28-29-42-41-23-9-10-26-45(41)52(47(42)32-39)37-19-5-2-6-20-37)46-27-13-25-44-43-24-12-18-36-30-35-16-7-8-22-40(35)50(48(36)43)49(44)46/h1-32H. The van der Waals surface area contributed by atoms with Crippen molar-refractivity contribution in [3.63, 3.8) is 0 Å². The smallest absolute Gasteiger partial charge is 0.0561 e. The van der Waals surface area contributed by atoms with Gasteiger partial charge in [0.15, 0.2) is 0 Å². The molecule has 1 aromatic heterocycles. The summed E-state index contributed by atoms with van der Waals surface area (Å²) in [6.07, 6.45) is 0. The zero-order valence-electron chi connectivity index (χ0n) is 28.4. The molecule has 11 rings (SSSR count). The predicted octanol–water partition coefficient (Wildman–Crippen LogP) is 13.9. The van der Waals surface area contributed by atoms with E-state index in [4.69, 9.17) is 0 Å². The van der Waals surface area contributed by atoms with Gasteiger partial charge in [0.1, 0.15) is 0 Å². The van der Waals surface area contributed by atoms with E-state index < -0.39 is 0 Å². The van der Waals surface area contributed by atoms with E-state index in [-0.39, 0.29) is 0 Å². The Morgan fingerprint density at radius 2 is 1.02 bits per heavy atom. The number of anilines is 3. The minimum atomic E-state index is 1.11. The summed E-state index contributed by atoms with van der Waals surface area (Å²) in [5.74, 6) is 0. The molecular formula is C50H32N2. The van der Waals surface area contributed by atoms with Crippen molar-refractivity contribution in [2.45, 2.75) is 0 Å². The molecule has 242 valence electrons. The first-order valence-corrected chi connectivity index (χ1v) is 17.9. The molecule has 1 heterocycles. The molecule has 0 aliphatic heterocycles. The Balaban J connectivity index is 1.23. The fraction of sp³-hybridized carbons (Fsp3) is 0. The van der Waals surface area contributed by atoms with E-state index in [0.29, 0.717) is 0 Å². The highest BCUT2D eigenvalue weighted by atomic mass is 15.1. The van der Waals surface area contributed by atoms with Gasteiger partial charge in [-0.25, -0.2) is 0 Å². The topological polar surface area (TPSA) is 8.17 Å². The van der Waals surface area contributed by atoms with Crippen LogP contribution in [0.3, 0.4) is 0 Å². The maximum atomic E-state index is 2.48. The van der Waals surface area contributed by atoms with Gasteiger partial charge in [-0.05, 0) is 98.4 Å². The zero-order valence-corrected chi connectivity index (χ0v) is 28.4. The maximum absolute atomic E-state index is 2.48. The van der Waals surface area contributed by atoms with E-state index >= 15 is 0 Å². The summed E-state index contributed by atoms with van der Waals surface area (Å²) in [4.78, 5) is 2.48.